The maximum atomic E-state index is 8.92. The fourth-order valence-corrected chi connectivity index (χ4v) is 0.457. The summed E-state index contributed by atoms with van der Waals surface area (Å²) >= 11 is 0. The first kappa shape index (κ1) is 11.8. The van der Waals surface area contributed by atoms with Gasteiger partial charge in [0, 0.05) is 7.05 Å². The summed E-state index contributed by atoms with van der Waals surface area (Å²) in [6, 6.07) is 0. The summed E-state index contributed by atoms with van der Waals surface area (Å²) in [6.07, 6.45) is -2.09. The van der Waals surface area contributed by atoms with E-state index in [0.29, 0.717) is 0 Å². The Morgan fingerprint density at radius 1 is 1.25 bits per heavy atom. The van der Waals surface area contributed by atoms with E-state index < -0.39 is 25.5 Å². The number of hydroxylamine groups is 2. The standard InChI is InChI=1S/C6H15NO5/c1-7(6(11)3-9)12-4-5(10)2-8/h5-6,8-11H,2-4H2,1H3. The SMILES string of the molecule is CN(OCC(O)CO)C(O)CO. The molecule has 0 heterocycles. The largest absolute Gasteiger partial charge is 0.394 e. The predicted molar refractivity (Wildman–Crippen MR) is 39.9 cm³/mol. The first-order valence-corrected chi connectivity index (χ1v) is 3.55. The highest BCUT2D eigenvalue weighted by atomic mass is 16.7. The quantitative estimate of drug-likeness (QED) is 0.268. The Morgan fingerprint density at radius 3 is 2.25 bits per heavy atom. The van der Waals surface area contributed by atoms with E-state index in [4.69, 9.17) is 25.3 Å². The third-order valence-corrected chi connectivity index (χ3v) is 1.26. The van der Waals surface area contributed by atoms with Gasteiger partial charge in [0.2, 0.25) is 0 Å². The summed E-state index contributed by atoms with van der Waals surface area (Å²) in [5.74, 6) is 0. The van der Waals surface area contributed by atoms with E-state index in [1.807, 2.05) is 0 Å². The Morgan fingerprint density at radius 2 is 1.83 bits per heavy atom. The molecule has 6 heteroatoms. The van der Waals surface area contributed by atoms with Gasteiger partial charge >= 0.3 is 0 Å². The highest BCUT2D eigenvalue weighted by Crippen LogP contribution is 1.93. The van der Waals surface area contributed by atoms with Crippen LogP contribution >= 0.6 is 0 Å². The Hall–Kier alpha value is -0.240. The minimum atomic E-state index is -1.11. The molecular weight excluding hydrogens is 166 g/mol. The van der Waals surface area contributed by atoms with Crippen molar-refractivity contribution in [2.45, 2.75) is 12.3 Å². The minimum Gasteiger partial charge on any atom is -0.394 e. The summed E-state index contributed by atoms with van der Waals surface area (Å²) in [4.78, 5) is 4.76. The molecule has 0 aromatic carbocycles. The zero-order chi connectivity index (χ0) is 9.56. The Bertz CT molecular complexity index is 112. The number of likely N-dealkylation sites (N-methyl/N-ethyl adjacent to an activating group) is 1. The van der Waals surface area contributed by atoms with Crippen molar-refractivity contribution in [2.75, 3.05) is 26.9 Å². The summed E-state index contributed by atoms with van der Waals surface area (Å²) in [6.45, 7) is -0.973. The molecule has 0 aromatic rings. The molecule has 0 fully saturated rings. The summed E-state index contributed by atoms with van der Waals surface area (Å²) in [5.41, 5.74) is 0. The van der Waals surface area contributed by atoms with Gasteiger partial charge in [0.15, 0.2) is 6.23 Å². The summed E-state index contributed by atoms with van der Waals surface area (Å²) in [7, 11) is 1.41. The molecule has 0 aromatic heterocycles. The van der Waals surface area contributed by atoms with Gasteiger partial charge in [-0.1, -0.05) is 0 Å². The zero-order valence-electron chi connectivity index (χ0n) is 6.92. The number of aliphatic hydroxyl groups is 4. The molecule has 6 nitrogen and oxygen atoms in total. The van der Waals surface area contributed by atoms with Crippen molar-refractivity contribution in [1.82, 2.24) is 5.06 Å². The highest BCUT2D eigenvalue weighted by Gasteiger charge is 2.11. The average Bonchev–Trinajstić information content (AvgIpc) is 2.11. The number of rotatable bonds is 6. The van der Waals surface area contributed by atoms with Crippen LogP contribution in [0.1, 0.15) is 0 Å². The number of aliphatic hydroxyl groups excluding tert-OH is 4. The molecule has 0 aliphatic heterocycles. The fourth-order valence-electron chi connectivity index (χ4n) is 0.457. The van der Waals surface area contributed by atoms with E-state index >= 15 is 0 Å². The lowest BCUT2D eigenvalue weighted by atomic mass is 10.4. The molecule has 0 spiro atoms. The second kappa shape index (κ2) is 6.30. The van der Waals surface area contributed by atoms with Crippen LogP contribution in [0.15, 0.2) is 0 Å². The molecule has 0 saturated carbocycles. The van der Waals surface area contributed by atoms with E-state index in [-0.39, 0.29) is 6.61 Å². The van der Waals surface area contributed by atoms with Gasteiger partial charge in [0.05, 0.1) is 19.8 Å². The Labute approximate surface area is 70.6 Å². The molecule has 0 bridgehead atoms. The fraction of sp³-hybridized carbons (Fsp3) is 1.00. The first-order chi connectivity index (χ1) is 5.61. The van der Waals surface area contributed by atoms with Crippen LogP contribution in [0, 0.1) is 0 Å². The smallest absolute Gasteiger partial charge is 0.152 e. The van der Waals surface area contributed by atoms with Crippen molar-refractivity contribution in [3.8, 4) is 0 Å². The molecule has 4 N–H and O–H groups in total. The van der Waals surface area contributed by atoms with Crippen LogP contribution in [0.25, 0.3) is 0 Å². The zero-order valence-corrected chi connectivity index (χ0v) is 6.92. The van der Waals surface area contributed by atoms with Gasteiger partial charge in [-0.2, -0.15) is 5.06 Å². The van der Waals surface area contributed by atoms with Crippen LogP contribution in [0.2, 0.25) is 0 Å². The van der Waals surface area contributed by atoms with E-state index in [1.54, 1.807) is 0 Å². The van der Waals surface area contributed by atoms with Crippen LogP contribution < -0.4 is 0 Å². The number of hydrogen-bond acceptors (Lipinski definition) is 6. The van der Waals surface area contributed by atoms with Gasteiger partial charge in [0.25, 0.3) is 0 Å². The van der Waals surface area contributed by atoms with Crippen molar-refractivity contribution in [1.29, 1.82) is 0 Å². The van der Waals surface area contributed by atoms with E-state index in [2.05, 4.69) is 0 Å². The van der Waals surface area contributed by atoms with Crippen LogP contribution in [-0.2, 0) is 4.84 Å². The molecule has 2 atom stereocenters. The van der Waals surface area contributed by atoms with Crippen LogP contribution in [0.3, 0.4) is 0 Å². The molecule has 0 saturated heterocycles. The van der Waals surface area contributed by atoms with Gasteiger partial charge in [-0.05, 0) is 0 Å². The molecule has 0 amide bonds. The first-order valence-electron chi connectivity index (χ1n) is 3.55. The third-order valence-electron chi connectivity index (χ3n) is 1.26. The topological polar surface area (TPSA) is 93.4 Å². The number of hydrogen-bond donors (Lipinski definition) is 4. The van der Waals surface area contributed by atoms with Crippen molar-refractivity contribution < 1.29 is 25.3 Å². The second-order valence-electron chi connectivity index (χ2n) is 2.34. The minimum absolute atomic E-state index is 0.121. The van der Waals surface area contributed by atoms with E-state index in [1.165, 1.54) is 7.05 Å². The summed E-state index contributed by atoms with van der Waals surface area (Å²) in [5, 5.41) is 35.6. The van der Waals surface area contributed by atoms with Crippen molar-refractivity contribution in [3.05, 3.63) is 0 Å². The van der Waals surface area contributed by atoms with E-state index in [9.17, 15) is 0 Å². The monoisotopic (exact) mass is 181 g/mol. The van der Waals surface area contributed by atoms with Gasteiger partial charge in [-0.3, -0.25) is 4.84 Å². The average molecular weight is 181 g/mol. The molecule has 0 rings (SSSR count). The number of nitrogens with zero attached hydrogens (tertiary/aromatic N) is 1. The maximum Gasteiger partial charge on any atom is 0.152 e. The predicted octanol–water partition coefficient (Wildman–Crippen LogP) is -2.49. The second-order valence-corrected chi connectivity index (χ2v) is 2.34. The van der Waals surface area contributed by atoms with Gasteiger partial charge in [0.1, 0.15) is 6.10 Å². The molecule has 0 radical (unpaired) electrons. The van der Waals surface area contributed by atoms with Crippen molar-refractivity contribution in [3.63, 3.8) is 0 Å². The molecule has 12 heavy (non-hydrogen) atoms. The third kappa shape index (κ3) is 4.60. The normalized spacial score (nSPS) is 16.5. The van der Waals surface area contributed by atoms with Crippen LogP contribution in [-0.4, -0.2) is 64.7 Å². The molecule has 2 unspecified atom stereocenters. The van der Waals surface area contributed by atoms with Gasteiger partial charge in [-0.25, -0.2) is 0 Å². The van der Waals surface area contributed by atoms with Gasteiger partial charge < -0.3 is 20.4 Å². The maximum absolute atomic E-state index is 8.92. The van der Waals surface area contributed by atoms with Crippen LogP contribution in [0.5, 0.6) is 0 Å². The van der Waals surface area contributed by atoms with Crippen LogP contribution in [0.4, 0.5) is 0 Å². The molecule has 0 aliphatic carbocycles. The lowest BCUT2D eigenvalue weighted by Gasteiger charge is -2.21. The Balaban J connectivity index is 3.49. The lowest BCUT2D eigenvalue weighted by Crippen LogP contribution is -2.37. The van der Waals surface area contributed by atoms with E-state index in [0.717, 1.165) is 5.06 Å². The molecule has 0 aliphatic rings. The Kier molecular flexibility index (Phi) is 6.17. The lowest BCUT2D eigenvalue weighted by molar-refractivity contribution is -0.243. The molecular formula is C6H15NO5. The van der Waals surface area contributed by atoms with Crippen molar-refractivity contribution >= 4 is 0 Å². The van der Waals surface area contributed by atoms with Gasteiger partial charge in [-0.15, -0.1) is 0 Å². The van der Waals surface area contributed by atoms with Crippen molar-refractivity contribution in [2.24, 2.45) is 0 Å². The summed E-state index contributed by atoms with van der Waals surface area (Å²) < 4.78 is 0. The molecule has 74 valence electrons. The highest BCUT2D eigenvalue weighted by molar-refractivity contribution is 4.49.